The number of aromatic nitrogens is 9. The number of hydrogen-bond donors (Lipinski definition) is 6. The summed E-state index contributed by atoms with van der Waals surface area (Å²) < 4.78 is 145. The first-order chi connectivity index (χ1) is 69.2. The van der Waals surface area contributed by atoms with E-state index in [0.29, 0.717) is 103 Å². The van der Waals surface area contributed by atoms with E-state index in [1.54, 1.807) is 67.4 Å². The number of methoxy groups -OCH3 is 5. The van der Waals surface area contributed by atoms with Gasteiger partial charge in [0.05, 0.1) is 97.8 Å². The van der Waals surface area contributed by atoms with Crippen molar-refractivity contribution >= 4 is 56.5 Å². The molecule has 0 bridgehead atoms. The maximum atomic E-state index is 14.0. The second-order valence-corrected chi connectivity index (χ2v) is 34.8. The lowest BCUT2D eigenvalue weighted by atomic mass is 9.99. The van der Waals surface area contributed by atoms with E-state index in [0.717, 1.165) is 157 Å². The molecule has 0 spiro atoms. The molecule has 0 amide bonds. The molecule has 750 valence electrons. The van der Waals surface area contributed by atoms with E-state index in [1.165, 1.54) is 112 Å². The molecule has 10 aromatic heterocycles. The number of aromatic hydroxyl groups is 1. The standard InChI is InChI=1S/C22H22N4O3.C21H21F3N4O3.C20H19F3N4O3.2C20H21FN4O2/c1-28-20-6-3-15(11-21(20)29-2)17-12-22(27)26-14-16(25-9-7-24-8-10-25)4-5-19(26)18(17)13-23;1-13-11-27(8-7-25-13)15-4-6-19-26-16(10-20(29)28(19)12-15)14-3-5-17(30-2)18(9-14)31-21(22,23)24;1-12-10-26(7-6-24-12)14-3-5-18-25-15(9-19(29)27(18)11-14)13-2-4-16(28)17(8-13)30-20(21,22)23;2*1-13-11-24(8-7-22-13)15-4-6-19-23-17(10-20(26)25(19)12-15)14-3-5-18(27-2)16(21)9-14/h3-6,11-12,14,24H,7-10H2,1-2H3;3-6,9-10,12-13,25H,7-8,11H2,1-2H3;2-5,8-9,11-12,24,28H,6-7,10H2,1H3;2*3-6,9-10,12-13,22H,7-8,11H2,1-2H3/t;13-;12-;2*13-/m.0010/s1. The quantitative estimate of drug-likeness (QED) is 0.0461. The molecule has 15 heterocycles. The Hall–Kier alpha value is -15.9. The van der Waals surface area contributed by atoms with Crippen LogP contribution in [-0.2, 0) is 0 Å². The van der Waals surface area contributed by atoms with Gasteiger partial charge in [0.25, 0.3) is 27.8 Å². The molecule has 0 radical (unpaired) electrons. The van der Waals surface area contributed by atoms with Gasteiger partial charge in [0, 0.05) is 218 Å². The average Bonchev–Trinajstić information content (AvgIpc) is 0.772. The summed E-state index contributed by atoms with van der Waals surface area (Å²) in [6.07, 6.45) is -0.922. The number of nitriles is 1. The molecule has 0 saturated carbocycles. The van der Waals surface area contributed by atoms with Crippen LogP contribution in [0.15, 0.2) is 237 Å². The molecule has 33 nitrogen and oxygen atoms in total. The van der Waals surface area contributed by atoms with Crippen molar-refractivity contribution in [3.8, 4) is 108 Å². The number of benzene rings is 5. The van der Waals surface area contributed by atoms with Gasteiger partial charge in [-0.15, -0.1) is 26.3 Å². The van der Waals surface area contributed by atoms with E-state index in [1.807, 2.05) is 73.2 Å². The first kappa shape index (κ1) is 101. The molecule has 5 aliphatic rings. The van der Waals surface area contributed by atoms with Crippen molar-refractivity contribution < 1.29 is 73.4 Å². The summed E-state index contributed by atoms with van der Waals surface area (Å²) >= 11 is 0. The molecule has 20 rings (SSSR count). The zero-order chi connectivity index (χ0) is 102. The third-order valence-corrected chi connectivity index (χ3v) is 24.8. The summed E-state index contributed by atoms with van der Waals surface area (Å²) in [5.41, 5.74) is 10.5. The molecule has 5 saturated heterocycles. The van der Waals surface area contributed by atoms with Crippen LogP contribution in [0.25, 0.3) is 84.3 Å². The highest BCUT2D eigenvalue weighted by atomic mass is 19.4. The second kappa shape index (κ2) is 44.1. The molecule has 15 aromatic rings. The predicted molar refractivity (Wildman–Crippen MR) is 533 cm³/mol. The smallest absolute Gasteiger partial charge is 0.504 e. The maximum absolute atomic E-state index is 14.0. The number of hydrogen-bond acceptors (Lipinski definition) is 28. The number of phenolic OH excluding ortho intramolecular Hbond substituents is 1. The number of piperazine rings is 5. The van der Waals surface area contributed by atoms with Crippen molar-refractivity contribution in [2.45, 2.75) is 64.6 Å². The number of pyridine rings is 6. The van der Waals surface area contributed by atoms with Crippen LogP contribution < -0.4 is 112 Å². The number of anilines is 5. The van der Waals surface area contributed by atoms with Gasteiger partial charge in [0.1, 0.15) is 28.7 Å². The van der Waals surface area contributed by atoms with Gasteiger partial charge in [-0.25, -0.2) is 28.7 Å². The summed E-state index contributed by atoms with van der Waals surface area (Å²) in [5.74, 6) is -1.52. The number of nitrogens with zero attached hydrogens (tertiary/aromatic N) is 15. The van der Waals surface area contributed by atoms with Crippen LogP contribution in [0.5, 0.6) is 46.0 Å². The largest absolute Gasteiger partial charge is 0.573 e. The Labute approximate surface area is 819 Å². The van der Waals surface area contributed by atoms with Crippen molar-refractivity contribution in [1.82, 2.24) is 68.5 Å². The molecule has 5 aromatic carbocycles. The first-order valence-electron chi connectivity index (χ1n) is 46.2. The van der Waals surface area contributed by atoms with Crippen LogP contribution in [0.3, 0.4) is 0 Å². The Morgan fingerprint density at radius 2 is 0.639 bits per heavy atom. The van der Waals surface area contributed by atoms with Crippen LogP contribution in [0, 0.1) is 23.0 Å². The van der Waals surface area contributed by atoms with Crippen LogP contribution in [0.2, 0.25) is 0 Å². The zero-order valence-electron chi connectivity index (χ0n) is 79.9. The Morgan fingerprint density at radius 3 is 0.993 bits per heavy atom. The molecule has 0 aliphatic carbocycles. The highest BCUT2D eigenvalue weighted by Gasteiger charge is 2.35. The molecular weight excluding hydrogens is 1880 g/mol. The van der Waals surface area contributed by atoms with E-state index in [9.17, 15) is 69.5 Å². The molecular formula is C103H104F8N20O13. The van der Waals surface area contributed by atoms with Gasteiger partial charge in [0.15, 0.2) is 57.6 Å². The van der Waals surface area contributed by atoms with Crippen LogP contribution in [-0.4, -0.2) is 224 Å². The fourth-order valence-corrected chi connectivity index (χ4v) is 17.7. The third kappa shape index (κ3) is 23.8. The predicted octanol–water partition coefficient (Wildman–Crippen LogP) is 12.7. The lowest BCUT2D eigenvalue weighted by Gasteiger charge is -2.33. The lowest BCUT2D eigenvalue weighted by Crippen LogP contribution is -2.49. The zero-order valence-corrected chi connectivity index (χ0v) is 79.9. The topological polar surface area (TPSA) is 344 Å². The van der Waals surface area contributed by atoms with Crippen molar-refractivity contribution in [1.29, 1.82) is 5.26 Å². The van der Waals surface area contributed by atoms with E-state index in [2.05, 4.69) is 114 Å². The van der Waals surface area contributed by atoms with Crippen molar-refractivity contribution in [3.63, 3.8) is 0 Å². The van der Waals surface area contributed by atoms with Gasteiger partial charge < -0.3 is 89.3 Å². The van der Waals surface area contributed by atoms with Crippen molar-refractivity contribution in [2.24, 2.45) is 0 Å². The van der Waals surface area contributed by atoms with Crippen LogP contribution >= 0.6 is 0 Å². The van der Waals surface area contributed by atoms with Crippen LogP contribution in [0.4, 0.5) is 63.6 Å². The van der Waals surface area contributed by atoms with Crippen LogP contribution in [0.1, 0.15) is 33.3 Å². The average molecular weight is 1980 g/mol. The summed E-state index contributed by atoms with van der Waals surface area (Å²) in [5, 5.41) is 36.4. The van der Waals surface area contributed by atoms with Gasteiger partial charge >= 0.3 is 12.7 Å². The summed E-state index contributed by atoms with van der Waals surface area (Å²) in [4.78, 5) is 92.7. The van der Waals surface area contributed by atoms with Crippen molar-refractivity contribution in [3.05, 3.63) is 282 Å². The van der Waals surface area contributed by atoms with E-state index < -0.39 is 41.6 Å². The Balaban J connectivity index is 0.000000129. The third-order valence-electron chi connectivity index (χ3n) is 24.8. The Bertz CT molecular complexity index is 7460. The monoisotopic (exact) mass is 1980 g/mol. The molecule has 5 aliphatic heterocycles. The number of phenols is 1. The van der Waals surface area contributed by atoms with Gasteiger partial charge in [-0.1, -0.05) is 6.07 Å². The fraction of sp³-hybridized carbons (Fsp3) is 0.301. The number of halogens is 8. The fourth-order valence-electron chi connectivity index (χ4n) is 17.7. The number of alkyl halides is 6. The lowest BCUT2D eigenvalue weighted by molar-refractivity contribution is -0.276. The van der Waals surface area contributed by atoms with E-state index in [-0.39, 0.29) is 62.0 Å². The first-order valence-corrected chi connectivity index (χ1v) is 46.2. The molecule has 4 atom stereocenters. The van der Waals surface area contributed by atoms with E-state index in [4.69, 9.17) is 23.7 Å². The molecule has 41 heteroatoms. The van der Waals surface area contributed by atoms with Gasteiger partial charge in [-0.2, -0.15) is 5.26 Å². The second-order valence-electron chi connectivity index (χ2n) is 34.8. The Kier molecular flexibility index (Phi) is 30.9. The molecule has 0 unspecified atom stereocenters. The number of rotatable bonds is 17. The molecule has 144 heavy (non-hydrogen) atoms. The van der Waals surface area contributed by atoms with E-state index >= 15 is 0 Å². The summed E-state index contributed by atoms with van der Waals surface area (Å²) in [7, 11) is 7.19. The minimum atomic E-state index is -4.95. The Morgan fingerprint density at radius 1 is 0.340 bits per heavy atom. The molecule has 6 N–H and O–H groups in total. The highest BCUT2D eigenvalue weighted by molar-refractivity contribution is 5.81. The van der Waals surface area contributed by atoms with Gasteiger partial charge in [-0.05, 0) is 179 Å². The normalized spacial score (nSPS) is 16.6. The minimum Gasteiger partial charge on any atom is -0.504 e. The number of ether oxygens (including phenoxy) is 7. The summed E-state index contributed by atoms with van der Waals surface area (Å²) in [6, 6.07) is 51.1. The summed E-state index contributed by atoms with van der Waals surface area (Å²) in [6.45, 7) is 22.4. The number of nitrogens with one attached hydrogen (secondary N) is 5. The van der Waals surface area contributed by atoms with Gasteiger partial charge in [-0.3, -0.25) is 46.0 Å². The van der Waals surface area contributed by atoms with Gasteiger partial charge in [0.2, 0.25) is 0 Å². The highest BCUT2D eigenvalue weighted by Crippen LogP contribution is 2.40. The SMILES string of the molecule is COc1ccc(-c2cc(=O)n3cc(N4CCNCC4)ccc3c2C#N)cc1OC.COc1ccc(-c2cc(=O)n3cc(N4CCN[C@@H](C)C4)ccc3n2)cc1F.COc1ccc(-c2cc(=O)n3cc(N4CCN[C@@H](C)C4)ccc3n2)cc1OC(F)(F)F.COc1ccc(-c2cc(=O)n3cc(N4CCN[C@H](C)C4)ccc3n2)cc1F.C[C@H]1CN(c2ccc3nc(-c4ccc(O)c(OC(F)(F)F)c4)cc(=O)n3c2)CCN1. The molecule has 5 fully saturated rings. The van der Waals surface area contributed by atoms with Crippen molar-refractivity contribution in [2.75, 3.05) is 165 Å². The number of fused-ring (bicyclic) bond motifs is 5. The minimum absolute atomic E-state index is 0.0755. The maximum Gasteiger partial charge on any atom is 0.573 e.